The van der Waals surface area contributed by atoms with Crippen LogP contribution in [0.4, 0.5) is 0 Å². The van der Waals surface area contributed by atoms with Crippen molar-refractivity contribution in [2.24, 2.45) is 17.8 Å². The fourth-order valence-electron chi connectivity index (χ4n) is 5.43. The van der Waals surface area contributed by atoms with E-state index < -0.39 is 55.6 Å². The molecule has 34 heavy (non-hydrogen) atoms. The number of rotatable bonds is 3. The Morgan fingerprint density at radius 1 is 1.24 bits per heavy atom. The Morgan fingerprint density at radius 3 is 2.47 bits per heavy atom. The van der Waals surface area contributed by atoms with Crippen LogP contribution in [0.2, 0.25) is 0 Å². The Morgan fingerprint density at radius 2 is 1.88 bits per heavy atom. The van der Waals surface area contributed by atoms with E-state index in [4.69, 9.17) is 51.1 Å². The molecular formula is C22H21BBr2Cl4O5. The first-order valence-electron chi connectivity index (χ1n) is 10.7. The van der Waals surface area contributed by atoms with Crippen molar-refractivity contribution >= 4 is 109 Å². The maximum atomic E-state index is 12.8. The van der Waals surface area contributed by atoms with Gasteiger partial charge in [0.25, 0.3) is 0 Å². The molecule has 4 rings (SSSR count). The molecule has 2 saturated carbocycles. The van der Waals surface area contributed by atoms with Gasteiger partial charge in [0.05, 0.1) is 26.9 Å². The summed E-state index contributed by atoms with van der Waals surface area (Å²) in [4.78, 5) is 24.3. The van der Waals surface area contributed by atoms with E-state index in [1.807, 2.05) is 0 Å². The first-order valence-corrected chi connectivity index (χ1v) is 14.4. The van der Waals surface area contributed by atoms with Gasteiger partial charge in [-0.05, 0) is 30.0 Å². The zero-order chi connectivity index (χ0) is 25.2. The summed E-state index contributed by atoms with van der Waals surface area (Å²) < 4.78 is 6.30. The van der Waals surface area contributed by atoms with Crippen LogP contribution in [0, 0.1) is 24.7 Å². The second-order valence-electron chi connectivity index (χ2n) is 9.04. The summed E-state index contributed by atoms with van der Waals surface area (Å²) in [5.41, 5.74) is 3.19. The second-order valence-corrected chi connectivity index (χ2v) is 13.0. The highest BCUT2D eigenvalue weighted by Gasteiger charge is 2.56. The van der Waals surface area contributed by atoms with Crippen molar-refractivity contribution in [1.82, 2.24) is 0 Å². The van der Waals surface area contributed by atoms with E-state index in [1.165, 1.54) is 0 Å². The molecule has 1 aromatic rings. The molecule has 12 heteroatoms. The Bertz CT molecular complexity index is 1090. The van der Waals surface area contributed by atoms with Gasteiger partial charge in [-0.25, -0.2) is 0 Å². The number of hydrogen-bond donors (Lipinski definition) is 2. The van der Waals surface area contributed by atoms with Gasteiger partial charge < -0.3 is 14.9 Å². The number of carbonyl (C=O) groups excluding carboxylic acids is 1. The number of carboxylic acids is 1. The van der Waals surface area contributed by atoms with Crippen molar-refractivity contribution < 1.29 is 24.5 Å². The van der Waals surface area contributed by atoms with Crippen LogP contribution in [0.1, 0.15) is 17.5 Å². The minimum Gasteiger partial charge on any atom is -0.508 e. The summed E-state index contributed by atoms with van der Waals surface area (Å²) in [7, 11) is 1.76. The number of Topliss-reactive ketones (excluding diaryl/α,β-unsaturated/α-hetero) is 1. The molecule has 5 nitrogen and oxygen atoms in total. The molecule has 184 valence electrons. The predicted octanol–water partition coefficient (Wildman–Crippen LogP) is 3.98. The molecule has 1 aliphatic heterocycles. The number of carbonyl (C=O) groups is 2. The molecule has 1 heterocycles. The standard InChI is InChI=1S/C22H21BBr2Cl4O5/c1-5-18(30)9(23)2-6-11(7-3-10(24)19(31)14(25)21(7)34-20(5)6)13-12(22(32)33)8(4-26)15(27)17(29)16(13)28/h2,8,10,12-17,21,30H,3-4,23H2,1H3,(H,32,33)/t8?,10?,12?,13?,14?,15-,16?,17?,21?/m1/s1. The van der Waals surface area contributed by atoms with Gasteiger partial charge in [-0.15, -0.1) is 46.4 Å². The van der Waals surface area contributed by atoms with Gasteiger partial charge >= 0.3 is 5.97 Å². The largest absolute Gasteiger partial charge is 0.508 e. The molecule has 3 aliphatic rings. The second kappa shape index (κ2) is 9.98. The lowest BCUT2D eigenvalue weighted by atomic mass is 9.64. The van der Waals surface area contributed by atoms with E-state index in [2.05, 4.69) is 31.9 Å². The fourth-order valence-corrected chi connectivity index (χ4v) is 8.90. The highest BCUT2D eigenvalue weighted by molar-refractivity contribution is 9.10. The van der Waals surface area contributed by atoms with Crippen LogP contribution in [0.3, 0.4) is 0 Å². The summed E-state index contributed by atoms with van der Waals surface area (Å²) >= 11 is 33.3. The first kappa shape index (κ1) is 26.9. The van der Waals surface area contributed by atoms with Gasteiger partial charge in [-0.2, -0.15) is 0 Å². The summed E-state index contributed by atoms with van der Waals surface area (Å²) in [6.45, 7) is 1.72. The van der Waals surface area contributed by atoms with Gasteiger partial charge in [0.1, 0.15) is 30.3 Å². The molecule has 1 aromatic carbocycles. The van der Waals surface area contributed by atoms with E-state index in [0.717, 1.165) is 5.57 Å². The Kier molecular flexibility index (Phi) is 7.90. The van der Waals surface area contributed by atoms with E-state index in [-0.39, 0.29) is 17.4 Å². The van der Waals surface area contributed by atoms with Crippen LogP contribution >= 0.6 is 78.3 Å². The monoisotopic (exact) mass is 674 g/mol. The number of aromatic hydroxyl groups is 1. The molecule has 2 N–H and O–H groups in total. The number of ketones is 1. The zero-order valence-corrected chi connectivity index (χ0v) is 24.3. The van der Waals surface area contributed by atoms with Gasteiger partial charge in [0.15, 0.2) is 5.78 Å². The van der Waals surface area contributed by atoms with Crippen LogP contribution in [0.15, 0.2) is 11.6 Å². The molecule has 0 aromatic heterocycles. The SMILES string of the molecule is Bc1cc2c(c(C)c1O)OC1C(=C2C2C(Cl)C(Cl)[C@H](Cl)C(CCl)C2C(=O)O)CC(Br)C(=O)C1Br. The summed E-state index contributed by atoms with van der Waals surface area (Å²) in [5.74, 6) is -3.09. The third-order valence-corrected chi connectivity index (χ3v) is 11.2. The average molecular weight is 678 g/mol. The molecule has 0 bridgehead atoms. The number of ether oxygens (including phenoxy) is 1. The van der Waals surface area contributed by atoms with E-state index in [0.29, 0.717) is 34.3 Å². The number of alkyl halides is 6. The zero-order valence-electron chi connectivity index (χ0n) is 18.1. The van der Waals surface area contributed by atoms with Crippen LogP contribution in [0.5, 0.6) is 11.5 Å². The third kappa shape index (κ3) is 4.12. The number of allylic oxidation sites excluding steroid dienone is 1. The number of benzene rings is 1. The van der Waals surface area contributed by atoms with Crippen molar-refractivity contribution in [3.8, 4) is 11.5 Å². The number of phenols is 1. The quantitative estimate of drug-likeness (QED) is 0.374. The summed E-state index contributed by atoms with van der Waals surface area (Å²) in [6, 6.07) is 1.77. The highest BCUT2D eigenvalue weighted by atomic mass is 79.9. The maximum Gasteiger partial charge on any atom is 0.307 e. The normalized spacial score (nSPS) is 37.6. The lowest BCUT2D eigenvalue weighted by Crippen LogP contribution is -2.54. The van der Waals surface area contributed by atoms with Crippen molar-refractivity contribution in [2.45, 2.75) is 45.2 Å². The van der Waals surface area contributed by atoms with E-state index in [1.54, 1.807) is 20.8 Å². The van der Waals surface area contributed by atoms with Gasteiger partial charge in [-0.3, -0.25) is 9.59 Å². The predicted molar refractivity (Wildman–Crippen MR) is 145 cm³/mol. The Hall–Kier alpha value is -0.115. The maximum absolute atomic E-state index is 12.8. The number of hydrogen-bond acceptors (Lipinski definition) is 4. The summed E-state index contributed by atoms with van der Waals surface area (Å²) in [5, 5.41) is 18.6. The Balaban J connectivity index is 2.05. The lowest BCUT2D eigenvalue weighted by molar-refractivity contribution is -0.145. The molecule has 0 spiro atoms. The van der Waals surface area contributed by atoms with Crippen molar-refractivity contribution in [3.63, 3.8) is 0 Å². The number of phenolic OH excluding ortho intramolecular Hbond substituents is 1. The molecule has 2 fully saturated rings. The number of carboxylic acid groups (broad SMARTS) is 1. The fraction of sp³-hybridized carbons (Fsp3) is 0.545. The minimum absolute atomic E-state index is 0.00187. The molecule has 0 amide bonds. The van der Waals surface area contributed by atoms with Crippen LogP contribution in [-0.2, 0) is 9.59 Å². The van der Waals surface area contributed by atoms with Crippen LogP contribution in [-0.4, -0.2) is 67.6 Å². The topological polar surface area (TPSA) is 83.8 Å². The lowest BCUT2D eigenvalue weighted by Gasteiger charge is -2.48. The Labute approximate surface area is 235 Å². The molecular weight excluding hydrogens is 657 g/mol. The average Bonchev–Trinajstić information content (AvgIpc) is 2.79. The van der Waals surface area contributed by atoms with Gasteiger partial charge in [0, 0.05) is 28.8 Å². The van der Waals surface area contributed by atoms with Crippen molar-refractivity contribution in [2.75, 3.05) is 5.88 Å². The van der Waals surface area contributed by atoms with E-state index >= 15 is 0 Å². The van der Waals surface area contributed by atoms with E-state index in [9.17, 15) is 19.8 Å². The van der Waals surface area contributed by atoms with Gasteiger partial charge in [0.2, 0.25) is 0 Å². The molecule has 8 unspecified atom stereocenters. The van der Waals surface area contributed by atoms with Crippen LogP contribution < -0.4 is 10.2 Å². The number of fused-ring (bicyclic) bond motifs is 2. The number of halogens is 6. The first-order chi connectivity index (χ1) is 15.9. The molecule has 9 atom stereocenters. The molecule has 2 aliphatic carbocycles. The molecule has 0 saturated heterocycles. The van der Waals surface area contributed by atoms with Crippen molar-refractivity contribution in [3.05, 3.63) is 22.8 Å². The number of aliphatic carboxylic acids is 1. The minimum atomic E-state index is -1.07. The summed E-state index contributed by atoms with van der Waals surface area (Å²) in [6.07, 6.45) is -0.380. The van der Waals surface area contributed by atoms with Gasteiger partial charge in [-0.1, -0.05) is 37.9 Å². The van der Waals surface area contributed by atoms with Crippen LogP contribution in [0.25, 0.3) is 5.57 Å². The third-order valence-electron chi connectivity index (χ3n) is 7.15. The van der Waals surface area contributed by atoms with Crippen molar-refractivity contribution in [1.29, 1.82) is 0 Å². The smallest absolute Gasteiger partial charge is 0.307 e. The highest BCUT2D eigenvalue weighted by Crippen LogP contribution is 2.55. The molecule has 0 radical (unpaired) electrons.